The minimum absolute atomic E-state index is 0.0158. The molecule has 0 unspecified atom stereocenters. The largest absolute Gasteiger partial charge is 0.339 e. The molecule has 0 atom stereocenters. The first-order valence-corrected chi connectivity index (χ1v) is 5.93. The Balaban J connectivity index is 2.18. The zero-order valence-electron chi connectivity index (χ0n) is 10.0. The maximum Gasteiger partial charge on any atom is 0.257 e. The van der Waals surface area contributed by atoms with E-state index < -0.39 is 0 Å². The summed E-state index contributed by atoms with van der Waals surface area (Å²) in [6.45, 7) is 0. The van der Waals surface area contributed by atoms with Gasteiger partial charge in [0, 0.05) is 19.3 Å². The van der Waals surface area contributed by atoms with Crippen LogP contribution in [0.15, 0.2) is 18.3 Å². The number of rotatable bonds is 3. The molecule has 0 aromatic carbocycles. The minimum atomic E-state index is -0.0158. The van der Waals surface area contributed by atoms with E-state index in [4.69, 9.17) is 5.84 Å². The number of hydrogen-bond donors (Lipinski definition) is 2. The molecule has 0 spiro atoms. The second-order valence-electron chi connectivity index (χ2n) is 4.40. The second-order valence-corrected chi connectivity index (χ2v) is 4.40. The maximum atomic E-state index is 12.3. The number of hydrazine groups is 1. The highest BCUT2D eigenvalue weighted by Gasteiger charge is 2.25. The number of aromatic nitrogens is 1. The third-order valence-corrected chi connectivity index (χ3v) is 3.37. The number of anilines is 1. The molecular formula is C12H18N4O. The predicted molar refractivity (Wildman–Crippen MR) is 66.4 cm³/mol. The van der Waals surface area contributed by atoms with Gasteiger partial charge in [-0.25, -0.2) is 10.8 Å². The molecule has 1 aromatic rings. The van der Waals surface area contributed by atoms with Crippen molar-refractivity contribution in [1.29, 1.82) is 0 Å². The fraction of sp³-hybridized carbons (Fsp3) is 0.500. The first-order valence-electron chi connectivity index (χ1n) is 5.93. The Morgan fingerprint density at radius 2 is 2.24 bits per heavy atom. The van der Waals surface area contributed by atoms with Crippen LogP contribution in [0.4, 0.5) is 5.82 Å². The molecule has 1 aliphatic rings. The summed E-state index contributed by atoms with van der Waals surface area (Å²) >= 11 is 0. The highest BCUT2D eigenvalue weighted by atomic mass is 16.2. The van der Waals surface area contributed by atoms with Gasteiger partial charge in [-0.3, -0.25) is 4.79 Å². The van der Waals surface area contributed by atoms with Crippen LogP contribution in [0.25, 0.3) is 0 Å². The molecular weight excluding hydrogens is 216 g/mol. The lowest BCUT2D eigenvalue weighted by atomic mass is 10.1. The van der Waals surface area contributed by atoms with Gasteiger partial charge in [-0.2, -0.15) is 0 Å². The molecule has 0 aliphatic heterocycles. The molecule has 1 amide bonds. The summed E-state index contributed by atoms with van der Waals surface area (Å²) in [7, 11) is 1.85. The smallest absolute Gasteiger partial charge is 0.257 e. The Kier molecular flexibility index (Phi) is 3.58. The topological polar surface area (TPSA) is 71.2 Å². The fourth-order valence-corrected chi connectivity index (χ4v) is 2.34. The van der Waals surface area contributed by atoms with Crippen molar-refractivity contribution in [3.05, 3.63) is 23.9 Å². The van der Waals surface area contributed by atoms with E-state index >= 15 is 0 Å². The molecule has 92 valence electrons. The predicted octanol–water partition coefficient (Wildman–Crippen LogP) is 1.38. The van der Waals surface area contributed by atoms with Crippen LogP contribution in [-0.2, 0) is 0 Å². The van der Waals surface area contributed by atoms with E-state index in [9.17, 15) is 4.79 Å². The summed E-state index contributed by atoms with van der Waals surface area (Å²) in [5.41, 5.74) is 3.00. The Morgan fingerprint density at radius 3 is 2.88 bits per heavy atom. The third kappa shape index (κ3) is 2.39. The summed E-state index contributed by atoms with van der Waals surface area (Å²) < 4.78 is 0. The average Bonchev–Trinajstić information content (AvgIpc) is 2.90. The van der Waals surface area contributed by atoms with Crippen molar-refractivity contribution in [2.45, 2.75) is 31.7 Å². The summed E-state index contributed by atoms with van der Waals surface area (Å²) in [5, 5.41) is 0. The lowest BCUT2D eigenvalue weighted by Gasteiger charge is -2.24. The zero-order valence-corrected chi connectivity index (χ0v) is 10.0. The van der Waals surface area contributed by atoms with Gasteiger partial charge in [-0.15, -0.1) is 0 Å². The Labute approximate surface area is 101 Å². The van der Waals surface area contributed by atoms with E-state index in [1.807, 2.05) is 11.9 Å². The maximum absolute atomic E-state index is 12.3. The van der Waals surface area contributed by atoms with Crippen LogP contribution in [0.5, 0.6) is 0 Å². The van der Waals surface area contributed by atoms with Crippen LogP contribution in [-0.4, -0.2) is 28.9 Å². The molecule has 1 saturated carbocycles. The number of amides is 1. The Hall–Kier alpha value is -1.62. The molecule has 1 heterocycles. The van der Waals surface area contributed by atoms with Gasteiger partial charge in [0.05, 0.1) is 5.56 Å². The summed E-state index contributed by atoms with van der Waals surface area (Å²) in [5.74, 6) is 5.78. The van der Waals surface area contributed by atoms with Crippen LogP contribution in [0, 0.1) is 0 Å². The van der Waals surface area contributed by atoms with Gasteiger partial charge in [0.1, 0.15) is 0 Å². The Bertz CT molecular complexity index is 401. The third-order valence-electron chi connectivity index (χ3n) is 3.37. The van der Waals surface area contributed by atoms with Crippen molar-refractivity contribution < 1.29 is 4.79 Å². The van der Waals surface area contributed by atoms with Crippen molar-refractivity contribution in [2.24, 2.45) is 5.84 Å². The summed E-state index contributed by atoms with van der Waals surface area (Å²) in [6.07, 6.45) is 6.21. The minimum Gasteiger partial charge on any atom is -0.339 e. The van der Waals surface area contributed by atoms with Crippen molar-refractivity contribution in [3.8, 4) is 0 Å². The number of nitrogen functional groups attached to an aromatic ring is 1. The Morgan fingerprint density at radius 1 is 1.53 bits per heavy atom. The van der Waals surface area contributed by atoms with Crippen molar-refractivity contribution in [2.75, 3.05) is 12.5 Å². The molecule has 0 saturated heterocycles. The lowest BCUT2D eigenvalue weighted by Crippen LogP contribution is -2.35. The van der Waals surface area contributed by atoms with E-state index in [1.54, 1.807) is 18.3 Å². The van der Waals surface area contributed by atoms with E-state index in [2.05, 4.69) is 10.4 Å². The molecule has 1 aliphatic carbocycles. The van der Waals surface area contributed by atoms with E-state index in [0.717, 1.165) is 12.8 Å². The number of hydrogen-bond acceptors (Lipinski definition) is 4. The van der Waals surface area contributed by atoms with Crippen LogP contribution in [0.3, 0.4) is 0 Å². The highest BCUT2D eigenvalue weighted by Crippen LogP contribution is 2.24. The van der Waals surface area contributed by atoms with E-state index in [-0.39, 0.29) is 5.91 Å². The molecule has 3 N–H and O–H groups in total. The molecule has 5 nitrogen and oxygen atoms in total. The van der Waals surface area contributed by atoms with E-state index in [1.165, 1.54) is 12.8 Å². The molecule has 1 aromatic heterocycles. The standard InChI is InChI=1S/C12H18N4O/c1-16(9-5-2-3-6-9)12(17)10-7-4-8-14-11(10)15-13/h4,7-9H,2-3,5-6,13H2,1H3,(H,14,15). The highest BCUT2D eigenvalue weighted by molar-refractivity contribution is 5.98. The molecule has 1 fully saturated rings. The molecule has 2 rings (SSSR count). The van der Waals surface area contributed by atoms with Gasteiger partial charge < -0.3 is 10.3 Å². The van der Waals surface area contributed by atoms with Crippen LogP contribution in [0.1, 0.15) is 36.0 Å². The first kappa shape index (κ1) is 11.9. The first-order chi connectivity index (χ1) is 8.24. The fourth-order valence-electron chi connectivity index (χ4n) is 2.34. The van der Waals surface area contributed by atoms with Crippen molar-refractivity contribution in [1.82, 2.24) is 9.88 Å². The van der Waals surface area contributed by atoms with Crippen molar-refractivity contribution in [3.63, 3.8) is 0 Å². The number of nitrogens with zero attached hydrogens (tertiary/aromatic N) is 2. The second kappa shape index (κ2) is 5.14. The summed E-state index contributed by atoms with van der Waals surface area (Å²) in [4.78, 5) is 18.2. The van der Waals surface area contributed by atoms with Crippen LogP contribution >= 0.6 is 0 Å². The lowest BCUT2D eigenvalue weighted by molar-refractivity contribution is 0.0736. The number of nitrogens with one attached hydrogen (secondary N) is 1. The number of nitrogens with two attached hydrogens (primary N) is 1. The van der Waals surface area contributed by atoms with Crippen molar-refractivity contribution >= 4 is 11.7 Å². The van der Waals surface area contributed by atoms with Crippen LogP contribution < -0.4 is 11.3 Å². The number of carbonyl (C=O) groups excluding carboxylic acids is 1. The SMILES string of the molecule is CN(C(=O)c1cccnc1NN)C1CCCC1. The molecule has 0 bridgehead atoms. The van der Waals surface area contributed by atoms with Crippen LogP contribution in [0.2, 0.25) is 0 Å². The molecule has 5 heteroatoms. The van der Waals surface area contributed by atoms with Gasteiger partial charge in [-0.1, -0.05) is 12.8 Å². The van der Waals surface area contributed by atoms with E-state index in [0.29, 0.717) is 17.4 Å². The van der Waals surface area contributed by atoms with Gasteiger partial charge in [-0.05, 0) is 25.0 Å². The van der Waals surface area contributed by atoms with Gasteiger partial charge in [0.15, 0.2) is 5.82 Å². The average molecular weight is 234 g/mol. The molecule has 0 radical (unpaired) electrons. The normalized spacial score (nSPS) is 15.9. The molecule has 17 heavy (non-hydrogen) atoms. The number of pyridine rings is 1. The zero-order chi connectivity index (χ0) is 12.3. The quantitative estimate of drug-likeness (QED) is 0.612. The van der Waals surface area contributed by atoms with Gasteiger partial charge >= 0.3 is 0 Å². The van der Waals surface area contributed by atoms with Gasteiger partial charge in [0.25, 0.3) is 5.91 Å². The monoisotopic (exact) mass is 234 g/mol. The summed E-state index contributed by atoms with van der Waals surface area (Å²) in [6, 6.07) is 3.85. The number of carbonyl (C=O) groups is 1. The van der Waals surface area contributed by atoms with Gasteiger partial charge in [0.2, 0.25) is 0 Å².